The Hall–Kier alpha value is -1.67. The van der Waals surface area contributed by atoms with E-state index in [0.717, 1.165) is 23.4 Å². The third-order valence-corrected chi connectivity index (χ3v) is 6.63. The van der Waals surface area contributed by atoms with Crippen LogP contribution in [0.1, 0.15) is 5.56 Å². The van der Waals surface area contributed by atoms with Gasteiger partial charge in [-0.25, -0.2) is 12.8 Å². The quantitative estimate of drug-likeness (QED) is 0.777. The summed E-state index contributed by atoms with van der Waals surface area (Å²) in [7, 11) is -2.04. The molecule has 8 heteroatoms. The molecule has 2 aromatic rings. The number of methoxy groups -OCH3 is 1. The van der Waals surface area contributed by atoms with Crippen LogP contribution in [0.4, 0.5) is 4.39 Å². The lowest BCUT2D eigenvalue weighted by atomic mass is 10.2. The lowest BCUT2D eigenvalue weighted by Crippen LogP contribution is -2.48. The first-order chi connectivity index (χ1) is 12.4. The molecule has 0 spiro atoms. The highest BCUT2D eigenvalue weighted by Crippen LogP contribution is 2.24. The molecule has 0 bridgehead atoms. The van der Waals surface area contributed by atoms with E-state index in [1.165, 1.54) is 10.4 Å². The normalized spacial score (nSPS) is 16.6. The number of sulfonamides is 1. The van der Waals surface area contributed by atoms with Crippen molar-refractivity contribution in [2.75, 3.05) is 33.3 Å². The Balaban J connectivity index is 1.67. The van der Waals surface area contributed by atoms with Crippen LogP contribution in [0.25, 0.3) is 0 Å². The molecule has 0 atom stereocenters. The van der Waals surface area contributed by atoms with E-state index < -0.39 is 15.8 Å². The van der Waals surface area contributed by atoms with Crippen molar-refractivity contribution in [2.45, 2.75) is 11.4 Å². The predicted octanol–water partition coefficient (Wildman–Crippen LogP) is 2.99. The average Bonchev–Trinajstić information content (AvgIpc) is 2.65. The number of hydrogen-bond acceptors (Lipinski definition) is 4. The second-order valence-electron chi connectivity index (χ2n) is 6.07. The summed E-state index contributed by atoms with van der Waals surface area (Å²) in [6.07, 6.45) is 0. The van der Waals surface area contributed by atoms with E-state index in [2.05, 4.69) is 4.90 Å². The standard InChI is InChI=1S/C18H20ClFN2O3S/c1-25-18-5-3-2-4-14(18)13-21-8-10-22(11-9-21)26(23,24)15-6-7-17(20)16(19)12-15/h2-7,12H,8-11,13H2,1H3. The highest BCUT2D eigenvalue weighted by Gasteiger charge is 2.29. The number of rotatable bonds is 5. The molecule has 140 valence electrons. The van der Waals surface area contributed by atoms with Gasteiger partial charge in [0.05, 0.1) is 17.0 Å². The fraction of sp³-hybridized carbons (Fsp3) is 0.333. The molecule has 0 N–H and O–H groups in total. The summed E-state index contributed by atoms with van der Waals surface area (Å²) in [4.78, 5) is 2.20. The van der Waals surface area contributed by atoms with E-state index in [9.17, 15) is 12.8 Å². The smallest absolute Gasteiger partial charge is 0.243 e. The van der Waals surface area contributed by atoms with Crippen LogP contribution in [0, 0.1) is 5.82 Å². The number of piperazine rings is 1. The summed E-state index contributed by atoms with van der Waals surface area (Å²) >= 11 is 5.72. The van der Waals surface area contributed by atoms with E-state index in [0.29, 0.717) is 32.7 Å². The van der Waals surface area contributed by atoms with Crippen molar-refractivity contribution in [1.29, 1.82) is 0 Å². The van der Waals surface area contributed by atoms with E-state index in [-0.39, 0.29) is 9.92 Å². The molecule has 0 aliphatic carbocycles. The van der Waals surface area contributed by atoms with Crippen LogP contribution in [0.3, 0.4) is 0 Å². The second kappa shape index (κ2) is 7.92. The van der Waals surface area contributed by atoms with E-state index in [1.54, 1.807) is 7.11 Å². The molecule has 0 unspecified atom stereocenters. The van der Waals surface area contributed by atoms with Crippen molar-refractivity contribution in [3.63, 3.8) is 0 Å². The fourth-order valence-corrected chi connectivity index (χ4v) is 4.68. The SMILES string of the molecule is COc1ccccc1CN1CCN(S(=O)(=O)c2ccc(F)c(Cl)c2)CC1. The van der Waals surface area contributed by atoms with Gasteiger partial charge in [-0.3, -0.25) is 4.90 Å². The highest BCUT2D eigenvalue weighted by atomic mass is 35.5. The summed E-state index contributed by atoms with van der Waals surface area (Å²) in [6, 6.07) is 11.3. The topological polar surface area (TPSA) is 49.9 Å². The molecule has 26 heavy (non-hydrogen) atoms. The molecule has 1 fully saturated rings. The average molecular weight is 399 g/mol. The van der Waals surface area contributed by atoms with Gasteiger partial charge >= 0.3 is 0 Å². The Labute approximate surface area is 158 Å². The highest BCUT2D eigenvalue weighted by molar-refractivity contribution is 7.89. The van der Waals surface area contributed by atoms with Gasteiger partial charge in [-0.15, -0.1) is 0 Å². The number of para-hydroxylation sites is 1. The molecule has 3 rings (SSSR count). The zero-order chi connectivity index (χ0) is 18.7. The van der Waals surface area contributed by atoms with Crippen LogP contribution in [0.5, 0.6) is 5.75 Å². The maximum atomic E-state index is 13.3. The number of nitrogens with zero attached hydrogens (tertiary/aromatic N) is 2. The summed E-state index contributed by atoms with van der Waals surface area (Å²) in [5.41, 5.74) is 1.07. The minimum Gasteiger partial charge on any atom is -0.496 e. The summed E-state index contributed by atoms with van der Waals surface area (Å²) < 4.78 is 45.5. The molecule has 2 aromatic carbocycles. The summed E-state index contributed by atoms with van der Waals surface area (Å²) in [5, 5.41) is -0.194. The molecule has 0 saturated carbocycles. The van der Waals surface area contributed by atoms with Crippen LogP contribution in [0.15, 0.2) is 47.4 Å². The van der Waals surface area contributed by atoms with Crippen molar-refractivity contribution >= 4 is 21.6 Å². The van der Waals surface area contributed by atoms with Gasteiger partial charge in [0.15, 0.2) is 0 Å². The van der Waals surface area contributed by atoms with Gasteiger partial charge < -0.3 is 4.74 Å². The maximum absolute atomic E-state index is 13.3. The number of hydrogen-bond donors (Lipinski definition) is 0. The Morgan fingerprint density at radius 1 is 1.12 bits per heavy atom. The van der Waals surface area contributed by atoms with Crippen LogP contribution >= 0.6 is 11.6 Å². The largest absolute Gasteiger partial charge is 0.496 e. The van der Waals surface area contributed by atoms with E-state index in [4.69, 9.17) is 16.3 Å². The third-order valence-electron chi connectivity index (χ3n) is 4.45. The van der Waals surface area contributed by atoms with Crippen LogP contribution < -0.4 is 4.74 Å². The lowest BCUT2D eigenvalue weighted by Gasteiger charge is -2.34. The van der Waals surface area contributed by atoms with Gasteiger partial charge in [0.2, 0.25) is 10.0 Å². The van der Waals surface area contributed by atoms with Crippen molar-refractivity contribution in [3.8, 4) is 5.75 Å². The van der Waals surface area contributed by atoms with Gasteiger partial charge in [0.1, 0.15) is 11.6 Å². The first-order valence-electron chi connectivity index (χ1n) is 8.21. The Bertz CT molecular complexity index is 884. The maximum Gasteiger partial charge on any atom is 0.243 e. The van der Waals surface area contributed by atoms with E-state index in [1.807, 2.05) is 24.3 Å². The number of ether oxygens (including phenoxy) is 1. The predicted molar refractivity (Wildman–Crippen MR) is 98.4 cm³/mol. The Morgan fingerprint density at radius 3 is 2.46 bits per heavy atom. The van der Waals surface area contributed by atoms with Crippen molar-refractivity contribution < 1.29 is 17.5 Å². The lowest BCUT2D eigenvalue weighted by molar-refractivity contribution is 0.180. The number of halogens is 2. The van der Waals surface area contributed by atoms with E-state index >= 15 is 0 Å². The third kappa shape index (κ3) is 4.01. The van der Waals surface area contributed by atoms with Crippen LogP contribution in [-0.4, -0.2) is 50.9 Å². The zero-order valence-electron chi connectivity index (χ0n) is 14.4. The molecule has 1 heterocycles. The molecule has 0 aromatic heterocycles. The first-order valence-corrected chi connectivity index (χ1v) is 10.0. The zero-order valence-corrected chi connectivity index (χ0v) is 15.9. The molecule has 5 nitrogen and oxygen atoms in total. The Kier molecular flexibility index (Phi) is 5.82. The van der Waals surface area contributed by atoms with Crippen molar-refractivity contribution in [3.05, 3.63) is 58.9 Å². The fourth-order valence-electron chi connectivity index (χ4n) is 2.99. The monoisotopic (exact) mass is 398 g/mol. The minimum atomic E-state index is -3.68. The van der Waals surface area contributed by atoms with Crippen LogP contribution in [-0.2, 0) is 16.6 Å². The second-order valence-corrected chi connectivity index (χ2v) is 8.41. The van der Waals surface area contributed by atoms with Gasteiger partial charge in [-0.2, -0.15) is 4.31 Å². The molecular weight excluding hydrogens is 379 g/mol. The summed E-state index contributed by atoms with van der Waals surface area (Å²) in [6.45, 7) is 2.64. The molecule has 0 amide bonds. The van der Waals surface area contributed by atoms with Gasteiger partial charge in [-0.05, 0) is 24.3 Å². The van der Waals surface area contributed by atoms with Crippen molar-refractivity contribution in [2.24, 2.45) is 0 Å². The molecule has 1 aliphatic heterocycles. The van der Waals surface area contributed by atoms with Gasteiger partial charge in [-0.1, -0.05) is 29.8 Å². The molecule has 1 saturated heterocycles. The van der Waals surface area contributed by atoms with Gasteiger partial charge in [0, 0.05) is 38.3 Å². The van der Waals surface area contributed by atoms with Gasteiger partial charge in [0.25, 0.3) is 0 Å². The summed E-state index contributed by atoms with van der Waals surface area (Å²) in [5.74, 6) is 0.191. The minimum absolute atomic E-state index is 0.0158. The Morgan fingerprint density at radius 2 is 1.81 bits per heavy atom. The van der Waals surface area contributed by atoms with Crippen molar-refractivity contribution in [1.82, 2.24) is 9.21 Å². The van der Waals surface area contributed by atoms with Crippen LogP contribution in [0.2, 0.25) is 5.02 Å². The number of benzene rings is 2. The molecule has 1 aliphatic rings. The first kappa shape index (κ1) is 19.1. The molecule has 0 radical (unpaired) electrons. The molecular formula is C18H20ClFN2O3S.